The molecule has 3 rings (SSSR count). The molecule has 0 aromatic rings. The van der Waals surface area contributed by atoms with Crippen molar-refractivity contribution in [2.45, 2.75) is 24.9 Å². The molecule has 14 heavy (non-hydrogen) atoms. The SMILES string of the molecule is CN1CCC(NC2C3CNCC32)CC1. The van der Waals surface area contributed by atoms with Gasteiger partial charge in [-0.1, -0.05) is 0 Å². The predicted molar refractivity (Wildman–Crippen MR) is 57.3 cm³/mol. The van der Waals surface area contributed by atoms with E-state index in [0.717, 1.165) is 23.9 Å². The molecule has 80 valence electrons. The van der Waals surface area contributed by atoms with Crippen molar-refractivity contribution in [3.8, 4) is 0 Å². The Morgan fingerprint density at radius 3 is 2.43 bits per heavy atom. The van der Waals surface area contributed by atoms with Crippen LogP contribution in [-0.4, -0.2) is 50.2 Å². The van der Waals surface area contributed by atoms with Crippen LogP contribution in [0.1, 0.15) is 12.8 Å². The largest absolute Gasteiger partial charge is 0.316 e. The van der Waals surface area contributed by atoms with Gasteiger partial charge in [-0.3, -0.25) is 0 Å². The number of likely N-dealkylation sites (tertiary alicyclic amines) is 1. The number of hydrogen-bond donors (Lipinski definition) is 2. The van der Waals surface area contributed by atoms with E-state index in [2.05, 4.69) is 22.6 Å². The van der Waals surface area contributed by atoms with Crippen LogP contribution in [-0.2, 0) is 0 Å². The zero-order valence-corrected chi connectivity index (χ0v) is 9.00. The smallest absolute Gasteiger partial charge is 0.0158 e. The molecule has 0 amide bonds. The van der Waals surface area contributed by atoms with E-state index in [1.165, 1.54) is 39.0 Å². The van der Waals surface area contributed by atoms with Crippen LogP contribution in [0.3, 0.4) is 0 Å². The van der Waals surface area contributed by atoms with E-state index in [4.69, 9.17) is 0 Å². The number of rotatable bonds is 2. The zero-order chi connectivity index (χ0) is 9.54. The second-order valence-electron chi connectivity index (χ2n) is 5.26. The maximum atomic E-state index is 3.85. The van der Waals surface area contributed by atoms with Gasteiger partial charge in [0.05, 0.1) is 0 Å². The molecule has 1 saturated carbocycles. The number of fused-ring (bicyclic) bond motifs is 1. The first kappa shape index (κ1) is 9.13. The summed E-state index contributed by atoms with van der Waals surface area (Å²) in [4.78, 5) is 2.44. The third-order valence-corrected chi connectivity index (χ3v) is 4.24. The molecule has 3 aliphatic rings. The van der Waals surface area contributed by atoms with Crippen molar-refractivity contribution in [2.75, 3.05) is 33.2 Å². The lowest BCUT2D eigenvalue weighted by Crippen LogP contribution is -2.43. The second-order valence-corrected chi connectivity index (χ2v) is 5.26. The maximum absolute atomic E-state index is 3.85. The first-order chi connectivity index (χ1) is 6.84. The fourth-order valence-corrected chi connectivity index (χ4v) is 3.11. The maximum Gasteiger partial charge on any atom is 0.0158 e. The molecule has 2 aliphatic heterocycles. The molecule has 0 radical (unpaired) electrons. The minimum absolute atomic E-state index is 0.807. The summed E-state index contributed by atoms with van der Waals surface area (Å²) in [6.07, 6.45) is 2.69. The monoisotopic (exact) mass is 195 g/mol. The summed E-state index contributed by atoms with van der Waals surface area (Å²) in [5, 5.41) is 7.30. The predicted octanol–water partition coefficient (Wildman–Crippen LogP) is -0.112. The van der Waals surface area contributed by atoms with Gasteiger partial charge in [0, 0.05) is 12.1 Å². The molecule has 3 fully saturated rings. The standard InChI is InChI=1S/C11H21N3/c1-14-4-2-8(3-5-14)13-11-9-6-12-7-10(9)11/h8-13H,2-7H2,1H3. The second kappa shape index (κ2) is 3.47. The quantitative estimate of drug-likeness (QED) is 0.644. The van der Waals surface area contributed by atoms with Crippen molar-refractivity contribution in [1.29, 1.82) is 0 Å². The van der Waals surface area contributed by atoms with Gasteiger partial charge >= 0.3 is 0 Å². The van der Waals surface area contributed by atoms with E-state index in [1.807, 2.05) is 0 Å². The van der Waals surface area contributed by atoms with Gasteiger partial charge in [-0.15, -0.1) is 0 Å². The molecule has 0 bridgehead atoms. The highest BCUT2D eigenvalue weighted by atomic mass is 15.1. The van der Waals surface area contributed by atoms with Crippen LogP contribution in [0.4, 0.5) is 0 Å². The molecule has 0 spiro atoms. The Morgan fingerprint density at radius 2 is 1.79 bits per heavy atom. The summed E-state index contributed by atoms with van der Waals surface area (Å²) < 4.78 is 0. The van der Waals surface area contributed by atoms with Crippen molar-refractivity contribution < 1.29 is 0 Å². The summed E-state index contributed by atoms with van der Waals surface area (Å²) >= 11 is 0. The molecule has 0 aromatic carbocycles. The summed E-state index contributed by atoms with van der Waals surface area (Å²) in [5.41, 5.74) is 0. The van der Waals surface area contributed by atoms with Crippen molar-refractivity contribution >= 4 is 0 Å². The van der Waals surface area contributed by atoms with E-state index < -0.39 is 0 Å². The Labute approximate surface area is 86.2 Å². The molecule has 1 aliphatic carbocycles. The van der Waals surface area contributed by atoms with Crippen molar-refractivity contribution in [1.82, 2.24) is 15.5 Å². The molecule has 2 heterocycles. The Bertz CT molecular complexity index is 201. The fraction of sp³-hybridized carbons (Fsp3) is 1.00. The topological polar surface area (TPSA) is 27.3 Å². The number of piperidine rings is 2. The zero-order valence-electron chi connectivity index (χ0n) is 9.00. The molecule has 2 saturated heterocycles. The summed E-state index contributed by atoms with van der Waals surface area (Å²) in [5.74, 6) is 1.93. The third kappa shape index (κ3) is 1.58. The number of nitrogens with zero attached hydrogens (tertiary/aromatic N) is 1. The van der Waals surface area contributed by atoms with E-state index in [0.29, 0.717) is 0 Å². The van der Waals surface area contributed by atoms with Crippen molar-refractivity contribution in [3.63, 3.8) is 0 Å². The van der Waals surface area contributed by atoms with Gasteiger partial charge in [-0.2, -0.15) is 0 Å². The first-order valence-electron chi connectivity index (χ1n) is 6.00. The van der Waals surface area contributed by atoms with Gasteiger partial charge in [-0.25, -0.2) is 0 Å². The first-order valence-corrected chi connectivity index (χ1v) is 6.00. The normalized spacial score (nSPS) is 43.9. The average molecular weight is 195 g/mol. The third-order valence-electron chi connectivity index (χ3n) is 4.24. The van der Waals surface area contributed by atoms with Crippen LogP contribution in [0.25, 0.3) is 0 Å². The Hall–Kier alpha value is -0.120. The molecular weight excluding hydrogens is 174 g/mol. The average Bonchev–Trinajstić information content (AvgIpc) is 2.63. The van der Waals surface area contributed by atoms with E-state index >= 15 is 0 Å². The van der Waals surface area contributed by atoms with Crippen LogP contribution < -0.4 is 10.6 Å². The molecule has 3 nitrogen and oxygen atoms in total. The number of hydrogen-bond acceptors (Lipinski definition) is 3. The summed E-state index contributed by atoms with van der Waals surface area (Å²) in [6.45, 7) is 5.07. The highest BCUT2D eigenvalue weighted by Crippen LogP contribution is 2.42. The summed E-state index contributed by atoms with van der Waals surface area (Å²) in [6, 6.07) is 1.67. The molecular formula is C11H21N3. The van der Waals surface area contributed by atoms with E-state index in [9.17, 15) is 0 Å². The molecule has 0 aromatic heterocycles. The van der Waals surface area contributed by atoms with Crippen LogP contribution >= 0.6 is 0 Å². The Morgan fingerprint density at radius 1 is 1.14 bits per heavy atom. The molecule has 2 atom stereocenters. The highest BCUT2D eigenvalue weighted by Gasteiger charge is 2.53. The van der Waals surface area contributed by atoms with Crippen LogP contribution in [0.5, 0.6) is 0 Å². The lowest BCUT2D eigenvalue weighted by atomic mass is 10.1. The minimum Gasteiger partial charge on any atom is -0.316 e. The van der Waals surface area contributed by atoms with Gasteiger partial charge in [0.2, 0.25) is 0 Å². The van der Waals surface area contributed by atoms with Crippen molar-refractivity contribution in [3.05, 3.63) is 0 Å². The Balaban J connectivity index is 1.45. The van der Waals surface area contributed by atoms with Gasteiger partial charge < -0.3 is 15.5 Å². The lowest BCUT2D eigenvalue weighted by molar-refractivity contribution is 0.230. The van der Waals surface area contributed by atoms with E-state index in [1.54, 1.807) is 0 Å². The Kier molecular flexibility index (Phi) is 2.26. The molecule has 3 heteroatoms. The minimum atomic E-state index is 0.807. The van der Waals surface area contributed by atoms with E-state index in [-0.39, 0.29) is 0 Å². The van der Waals surface area contributed by atoms with Crippen LogP contribution in [0.2, 0.25) is 0 Å². The van der Waals surface area contributed by atoms with Crippen molar-refractivity contribution in [2.24, 2.45) is 11.8 Å². The van der Waals surface area contributed by atoms with Crippen LogP contribution in [0.15, 0.2) is 0 Å². The summed E-state index contributed by atoms with van der Waals surface area (Å²) in [7, 11) is 2.23. The molecule has 2 N–H and O–H groups in total. The van der Waals surface area contributed by atoms with Gasteiger partial charge in [0.1, 0.15) is 0 Å². The van der Waals surface area contributed by atoms with Gasteiger partial charge in [0.25, 0.3) is 0 Å². The van der Waals surface area contributed by atoms with Gasteiger partial charge in [0.15, 0.2) is 0 Å². The van der Waals surface area contributed by atoms with Gasteiger partial charge in [-0.05, 0) is 57.9 Å². The fourth-order valence-electron chi connectivity index (χ4n) is 3.11. The highest BCUT2D eigenvalue weighted by molar-refractivity contribution is 5.10. The van der Waals surface area contributed by atoms with Crippen LogP contribution in [0, 0.1) is 11.8 Å². The lowest BCUT2D eigenvalue weighted by Gasteiger charge is -2.30. The molecule has 2 unspecified atom stereocenters. The number of nitrogens with one attached hydrogen (secondary N) is 2.